The molecular weight excluding hydrogens is 396 g/mol. The van der Waals surface area contributed by atoms with E-state index in [0.717, 1.165) is 47.7 Å². The summed E-state index contributed by atoms with van der Waals surface area (Å²) in [6.45, 7) is 4.47. The Kier molecular flexibility index (Phi) is 5.58. The van der Waals surface area contributed by atoms with E-state index in [0.29, 0.717) is 17.7 Å². The average Bonchev–Trinajstić information content (AvgIpc) is 3.14. The number of fused-ring (bicyclic) bond motifs is 1. The first-order valence-corrected chi connectivity index (χ1v) is 11.4. The van der Waals surface area contributed by atoms with Gasteiger partial charge in [0.15, 0.2) is 11.2 Å². The molecule has 0 spiro atoms. The van der Waals surface area contributed by atoms with Crippen molar-refractivity contribution in [1.82, 2.24) is 24.1 Å². The predicted octanol–water partition coefficient (Wildman–Crippen LogP) is 2.36. The Morgan fingerprint density at radius 2 is 1.93 bits per heavy atom. The highest BCUT2D eigenvalue weighted by Crippen LogP contribution is 2.26. The number of aryl methyl sites for hydroxylation is 3. The Morgan fingerprint density at radius 1 is 1.18 bits per heavy atom. The van der Waals surface area contributed by atoms with Crippen molar-refractivity contribution >= 4 is 40.2 Å². The monoisotopic (exact) mass is 420 g/mol. The lowest BCUT2D eigenvalue weighted by atomic mass is 10.2. The fourth-order valence-electron chi connectivity index (χ4n) is 3.57. The third-order valence-corrected chi connectivity index (χ3v) is 7.13. The summed E-state index contributed by atoms with van der Waals surface area (Å²) in [6, 6.07) is 0. The average molecular weight is 421 g/mol. The maximum absolute atomic E-state index is 12.6. The fourth-order valence-corrected chi connectivity index (χ4v) is 5.41. The molecular formula is C18H24N6O2S2. The van der Waals surface area contributed by atoms with Gasteiger partial charge >= 0.3 is 5.69 Å². The number of rotatable bonds is 5. The summed E-state index contributed by atoms with van der Waals surface area (Å²) in [5, 5.41) is 2.04. The third kappa shape index (κ3) is 3.75. The van der Waals surface area contributed by atoms with Crippen molar-refractivity contribution in [3.8, 4) is 0 Å². The molecule has 1 aliphatic rings. The molecule has 1 saturated heterocycles. The summed E-state index contributed by atoms with van der Waals surface area (Å²) in [4.78, 5) is 38.6. The first-order chi connectivity index (χ1) is 13.5. The zero-order valence-corrected chi connectivity index (χ0v) is 17.7. The van der Waals surface area contributed by atoms with E-state index in [9.17, 15) is 9.59 Å². The highest BCUT2D eigenvalue weighted by Gasteiger charge is 2.22. The van der Waals surface area contributed by atoms with Crippen LogP contribution in [-0.2, 0) is 13.6 Å². The van der Waals surface area contributed by atoms with E-state index in [1.54, 1.807) is 30.1 Å². The zero-order chi connectivity index (χ0) is 19.7. The van der Waals surface area contributed by atoms with Crippen LogP contribution in [0.1, 0.15) is 31.4 Å². The molecule has 0 aromatic carbocycles. The molecule has 1 N–H and O–H groups in total. The van der Waals surface area contributed by atoms with E-state index >= 15 is 0 Å². The van der Waals surface area contributed by atoms with Gasteiger partial charge in [-0.15, -0.1) is 11.3 Å². The van der Waals surface area contributed by atoms with E-state index in [1.807, 2.05) is 16.9 Å². The predicted molar refractivity (Wildman–Crippen MR) is 114 cm³/mol. The second-order valence-corrected chi connectivity index (χ2v) is 9.26. The molecule has 0 unspecified atom stereocenters. The number of hydrogen-bond donors (Lipinski definition) is 1. The Labute approximate surface area is 170 Å². The Hall–Kier alpha value is -2.07. The van der Waals surface area contributed by atoms with Gasteiger partial charge in [0.2, 0.25) is 5.95 Å². The number of aromatic nitrogens is 5. The van der Waals surface area contributed by atoms with Gasteiger partial charge in [0.05, 0.1) is 0 Å². The summed E-state index contributed by atoms with van der Waals surface area (Å²) in [6.07, 6.45) is 4.67. The molecule has 0 amide bonds. The molecule has 1 aliphatic heterocycles. The fraction of sp³-hybridized carbons (Fsp3) is 0.556. The zero-order valence-electron chi connectivity index (χ0n) is 16.1. The Morgan fingerprint density at radius 3 is 2.61 bits per heavy atom. The van der Waals surface area contributed by atoms with E-state index in [4.69, 9.17) is 4.98 Å². The molecule has 3 aromatic rings. The highest BCUT2D eigenvalue weighted by atomic mass is 32.2. The lowest BCUT2D eigenvalue weighted by molar-refractivity contribution is 0.705. The number of nitrogens with zero attached hydrogens (tertiary/aromatic N) is 5. The molecule has 28 heavy (non-hydrogen) atoms. The maximum Gasteiger partial charge on any atom is 0.329 e. The summed E-state index contributed by atoms with van der Waals surface area (Å²) in [7, 11) is 1.65. The molecule has 1 fully saturated rings. The Balaban J connectivity index is 1.72. The normalized spacial score (nSPS) is 15.3. The summed E-state index contributed by atoms with van der Waals surface area (Å²) >= 11 is 3.32. The van der Waals surface area contributed by atoms with Gasteiger partial charge in [0, 0.05) is 43.5 Å². The van der Waals surface area contributed by atoms with Gasteiger partial charge in [0.1, 0.15) is 4.34 Å². The van der Waals surface area contributed by atoms with Crippen molar-refractivity contribution < 1.29 is 0 Å². The van der Waals surface area contributed by atoms with Gasteiger partial charge in [-0.2, -0.15) is 4.98 Å². The van der Waals surface area contributed by atoms with Crippen molar-refractivity contribution in [2.24, 2.45) is 7.05 Å². The molecule has 0 aliphatic carbocycles. The summed E-state index contributed by atoms with van der Waals surface area (Å²) in [5.74, 6) is 1.57. The van der Waals surface area contributed by atoms with Gasteiger partial charge < -0.3 is 9.47 Å². The van der Waals surface area contributed by atoms with Crippen molar-refractivity contribution in [3.63, 3.8) is 0 Å². The standard InChI is InChI=1S/C18H24N6O2S2/c1-12-11-28-18(19-12)27-10-9-24-13-14(22(2)17(26)21-15(13)25)20-16(24)23-7-5-3-4-6-8-23/h11H,3-10H2,1-2H3,(H,21,25,26). The molecule has 3 aromatic heterocycles. The molecule has 0 atom stereocenters. The van der Waals surface area contributed by atoms with Crippen molar-refractivity contribution in [3.05, 3.63) is 31.9 Å². The van der Waals surface area contributed by atoms with Crippen LogP contribution in [0.5, 0.6) is 0 Å². The van der Waals surface area contributed by atoms with Gasteiger partial charge in [-0.05, 0) is 19.8 Å². The number of imidazole rings is 1. The van der Waals surface area contributed by atoms with Crippen LogP contribution in [-0.4, -0.2) is 42.9 Å². The largest absolute Gasteiger partial charge is 0.342 e. The van der Waals surface area contributed by atoms with Crippen molar-refractivity contribution in [2.75, 3.05) is 23.7 Å². The van der Waals surface area contributed by atoms with Crippen LogP contribution < -0.4 is 16.1 Å². The second-order valence-electron chi connectivity index (χ2n) is 7.06. The van der Waals surface area contributed by atoms with Crippen molar-refractivity contribution in [2.45, 2.75) is 43.5 Å². The molecule has 4 heterocycles. The van der Waals surface area contributed by atoms with Gasteiger partial charge in [-0.25, -0.2) is 9.78 Å². The maximum atomic E-state index is 12.6. The van der Waals surface area contributed by atoms with Crippen LogP contribution in [0.15, 0.2) is 19.3 Å². The lowest BCUT2D eigenvalue weighted by Crippen LogP contribution is -2.30. The van der Waals surface area contributed by atoms with Gasteiger partial charge in [-0.1, -0.05) is 24.6 Å². The minimum Gasteiger partial charge on any atom is -0.342 e. The van der Waals surface area contributed by atoms with Crippen LogP contribution in [0.3, 0.4) is 0 Å². The van der Waals surface area contributed by atoms with E-state index < -0.39 is 5.69 Å². The summed E-state index contributed by atoms with van der Waals surface area (Å²) in [5.41, 5.74) is 1.14. The van der Waals surface area contributed by atoms with E-state index in [-0.39, 0.29) is 5.56 Å². The van der Waals surface area contributed by atoms with Gasteiger partial charge in [-0.3, -0.25) is 14.3 Å². The minimum atomic E-state index is -0.433. The number of nitrogens with one attached hydrogen (secondary N) is 1. The first-order valence-electron chi connectivity index (χ1n) is 9.54. The molecule has 150 valence electrons. The SMILES string of the molecule is Cc1csc(SCCn2c(N3CCCCCC3)nc3c2c(=O)[nH]c(=O)n3C)n1. The third-order valence-electron chi connectivity index (χ3n) is 5.01. The first kappa shape index (κ1) is 19.3. The lowest BCUT2D eigenvalue weighted by Gasteiger charge is -2.22. The van der Waals surface area contributed by atoms with Gasteiger partial charge in [0.25, 0.3) is 5.56 Å². The van der Waals surface area contributed by atoms with Crippen molar-refractivity contribution in [1.29, 1.82) is 0 Å². The number of thioether (sulfide) groups is 1. The molecule has 0 bridgehead atoms. The number of aromatic amines is 1. The molecule has 0 radical (unpaired) electrons. The van der Waals surface area contributed by atoms with Crippen LogP contribution in [0.4, 0.5) is 5.95 Å². The topological polar surface area (TPSA) is 88.8 Å². The minimum absolute atomic E-state index is 0.373. The summed E-state index contributed by atoms with van der Waals surface area (Å²) < 4.78 is 4.43. The molecule has 0 saturated carbocycles. The molecule has 10 heteroatoms. The van der Waals surface area contributed by atoms with Crippen LogP contribution >= 0.6 is 23.1 Å². The Bertz CT molecular complexity index is 1090. The number of anilines is 1. The van der Waals surface area contributed by atoms with E-state index in [1.165, 1.54) is 17.4 Å². The number of H-pyrrole nitrogens is 1. The number of hydrogen-bond acceptors (Lipinski definition) is 7. The molecule has 4 rings (SSSR count). The van der Waals surface area contributed by atoms with Crippen LogP contribution in [0.25, 0.3) is 11.2 Å². The quantitative estimate of drug-likeness (QED) is 0.638. The van der Waals surface area contributed by atoms with Crippen LogP contribution in [0.2, 0.25) is 0 Å². The van der Waals surface area contributed by atoms with Crippen LogP contribution in [0, 0.1) is 6.92 Å². The number of thiazole rings is 1. The second kappa shape index (κ2) is 8.12. The highest BCUT2D eigenvalue weighted by molar-refractivity contribution is 8.00. The smallest absolute Gasteiger partial charge is 0.329 e. The van der Waals surface area contributed by atoms with E-state index in [2.05, 4.69) is 14.9 Å². The molecule has 8 nitrogen and oxygen atoms in total.